The smallest absolute Gasteiger partial charge is 0.133 e. The Morgan fingerprint density at radius 2 is 1.81 bits per heavy atom. The Morgan fingerprint density at radius 1 is 1.19 bits per heavy atom. The molecule has 0 bridgehead atoms. The molecule has 0 unspecified atom stereocenters. The van der Waals surface area contributed by atoms with Gasteiger partial charge in [0.15, 0.2) is 0 Å². The van der Waals surface area contributed by atoms with E-state index in [2.05, 4.69) is 31.1 Å². The Labute approximate surface area is 98.8 Å². The molecule has 1 N–H and O–H groups in total. The van der Waals surface area contributed by atoms with Crippen LogP contribution >= 0.6 is 0 Å². The van der Waals surface area contributed by atoms with Crippen LogP contribution in [-0.2, 0) is 0 Å². The van der Waals surface area contributed by atoms with Gasteiger partial charge in [-0.3, -0.25) is 0 Å². The number of benzene rings is 1. The molecule has 0 saturated heterocycles. The minimum atomic E-state index is -1.38. The summed E-state index contributed by atoms with van der Waals surface area (Å²) >= 11 is 0. The van der Waals surface area contributed by atoms with Gasteiger partial charge in [0.2, 0.25) is 0 Å². The standard InChI is InChI=1S/C14H18OSi/c1-16(2,3)12-11-14(15)10-9-13-7-5-4-6-8-13/h4-10,14-15H,1-3H3/b10-9+/t14-/m1/s1. The van der Waals surface area contributed by atoms with Crippen molar-refractivity contribution in [1.29, 1.82) is 0 Å². The lowest BCUT2D eigenvalue weighted by Crippen LogP contribution is -2.17. The van der Waals surface area contributed by atoms with Crippen molar-refractivity contribution < 1.29 is 5.11 Å². The minimum Gasteiger partial charge on any atom is -0.377 e. The Balaban J connectivity index is 2.61. The summed E-state index contributed by atoms with van der Waals surface area (Å²) in [5.74, 6) is 2.87. The Kier molecular flexibility index (Phi) is 4.54. The summed E-state index contributed by atoms with van der Waals surface area (Å²) in [6, 6.07) is 9.91. The summed E-state index contributed by atoms with van der Waals surface area (Å²) in [5, 5.41) is 9.64. The number of rotatable bonds is 2. The summed E-state index contributed by atoms with van der Waals surface area (Å²) in [7, 11) is -1.38. The molecule has 0 spiro atoms. The van der Waals surface area contributed by atoms with Gasteiger partial charge in [-0.15, -0.1) is 5.54 Å². The second-order valence-corrected chi connectivity index (χ2v) is 9.48. The Bertz CT molecular complexity index is 404. The summed E-state index contributed by atoms with van der Waals surface area (Å²) in [6.07, 6.45) is 2.96. The molecule has 84 valence electrons. The highest BCUT2D eigenvalue weighted by atomic mass is 28.3. The molecule has 1 aromatic rings. The van der Waals surface area contributed by atoms with E-state index in [4.69, 9.17) is 0 Å². The molecular formula is C14H18OSi. The van der Waals surface area contributed by atoms with E-state index in [1.807, 2.05) is 36.4 Å². The summed E-state index contributed by atoms with van der Waals surface area (Å²) in [5.41, 5.74) is 4.23. The minimum absolute atomic E-state index is 0.660. The number of hydrogen-bond acceptors (Lipinski definition) is 1. The molecule has 0 aromatic heterocycles. The van der Waals surface area contributed by atoms with E-state index < -0.39 is 14.2 Å². The first kappa shape index (κ1) is 12.8. The third-order valence-corrected chi connectivity index (χ3v) is 2.76. The lowest BCUT2D eigenvalue weighted by molar-refractivity contribution is 0.281. The predicted octanol–water partition coefficient (Wildman–Crippen LogP) is 2.94. The van der Waals surface area contributed by atoms with Crippen molar-refractivity contribution in [1.82, 2.24) is 0 Å². The van der Waals surface area contributed by atoms with Crippen LogP contribution < -0.4 is 0 Å². The van der Waals surface area contributed by atoms with Crippen LogP contribution in [0.1, 0.15) is 5.56 Å². The van der Waals surface area contributed by atoms with Crippen molar-refractivity contribution >= 4 is 14.1 Å². The van der Waals surface area contributed by atoms with Crippen molar-refractivity contribution in [2.24, 2.45) is 0 Å². The fraction of sp³-hybridized carbons (Fsp3) is 0.286. The maximum absolute atomic E-state index is 9.64. The SMILES string of the molecule is C[Si](C)(C)C#C[C@H](O)/C=C/c1ccccc1. The van der Waals surface area contributed by atoms with Crippen LogP contribution in [0.2, 0.25) is 19.6 Å². The number of hydrogen-bond donors (Lipinski definition) is 1. The molecule has 0 aliphatic heterocycles. The van der Waals surface area contributed by atoms with Gasteiger partial charge >= 0.3 is 0 Å². The van der Waals surface area contributed by atoms with Gasteiger partial charge in [0.25, 0.3) is 0 Å². The van der Waals surface area contributed by atoms with Crippen molar-refractivity contribution in [2.75, 3.05) is 0 Å². The highest BCUT2D eigenvalue weighted by Gasteiger charge is 2.07. The molecule has 0 amide bonds. The topological polar surface area (TPSA) is 20.2 Å². The third-order valence-electron chi connectivity index (χ3n) is 1.87. The second kappa shape index (κ2) is 5.69. The summed E-state index contributed by atoms with van der Waals surface area (Å²) in [4.78, 5) is 0. The molecule has 16 heavy (non-hydrogen) atoms. The van der Waals surface area contributed by atoms with Gasteiger partial charge in [-0.2, -0.15) is 0 Å². The van der Waals surface area contributed by atoms with Gasteiger partial charge in [0.05, 0.1) is 0 Å². The van der Waals surface area contributed by atoms with Crippen LogP contribution in [0.15, 0.2) is 36.4 Å². The van der Waals surface area contributed by atoms with Crippen molar-refractivity contribution in [2.45, 2.75) is 25.7 Å². The lowest BCUT2D eigenvalue weighted by Gasteiger charge is -2.04. The first-order valence-electron chi connectivity index (χ1n) is 5.41. The quantitative estimate of drug-likeness (QED) is 0.612. The predicted molar refractivity (Wildman–Crippen MR) is 72.6 cm³/mol. The number of aliphatic hydroxyl groups excluding tert-OH is 1. The molecule has 1 atom stereocenters. The Hall–Kier alpha value is -1.30. The highest BCUT2D eigenvalue weighted by Crippen LogP contribution is 2.02. The zero-order chi connectivity index (χ0) is 12.0. The van der Waals surface area contributed by atoms with E-state index in [-0.39, 0.29) is 0 Å². The molecule has 0 fully saturated rings. The molecule has 1 aromatic carbocycles. The molecule has 1 rings (SSSR count). The summed E-state index contributed by atoms with van der Waals surface area (Å²) in [6.45, 7) is 6.48. The maximum Gasteiger partial charge on any atom is 0.133 e. The molecule has 0 aliphatic carbocycles. The fourth-order valence-corrected chi connectivity index (χ4v) is 1.69. The molecule has 0 radical (unpaired) electrons. The highest BCUT2D eigenvalue weighted by molar-refractivity contribution is 6.83. The molecule has 2 heteroatoms. The zero-order valence-corrected chi connectivity index (χ0v) is 11.1. The average Bonchev–Trinajstić information content (AvgIpc) is 2.24. The second-order valence-electron chi connectivity index (χ2n) is 4.73. The van der Waals surface area contributed by atoms with E-state index in [0.29, 0.717) is 0 Å². The van der Waals surface area contributed by atoms with Crippen LogP contribution in [0.5, 0.6) is 0 Å². The van der Waals surface area contributed by atoms with Crippen LogP contribution in [0.3, 0.4) is 0 Å². The van der Waals surface area contributed by atoms with Gasteiger partial charge in [0.1, 0.15) is 14.2 Å². The first-order valence-corrected chi connectivity index (χ1v) is 8.91. The van der Waals surface area contributed by atoms with Gasteiger partial charge < -0.3 is 5.11 Å². The van der Waals surface area contributed by atoms with Crippen molar-refractivity contribution in [3.05, 3.63) is 42.0 Å². The maximum atomic E-state index is 9.64. The molecule has 0 saturated carbocycles. The van der Waals surface area contributed by atoms with Crippen LogP contribution in [0.4, 0.5) is 0 Å². The van der Waals surface area contributed by atoms with Crippen LogP contribution in [0, 0.1) is 11.5 Å². The van der Waals surface area contributed by atoms with Gasteiger partial charge in [-0.1, -0.05) is 62.0 Å². The van der Waals surface area contributed by atoms with E-state index in [1.165, 1.54) is 0 Å². The lowest BCUT2D eigenvalue weighted by atomic mass is 10.2. The summed E-state index contributed by atoms with van der Waals surface area (Å²) < 4.78 is 0. The zero-order valence-electron chi connectivity index (χ0n) is 10.1. The normalized spacial score (nSPS) is 13.2. The number of aliphatic hydroxyl groups is 1. The molecule has 1 nitrogen and oxygen atoms in total. The third kappa shape index (κ3) is 5.55. The first-order chi connectivity index (χ1) is 7.47. The molecule has 0 heterocycles. The van der Waals surface area contributed by atoms with E-state index >= 15 is 0 Å². The van der Waals surface area contributed by atoms with Crippen LogP contribution in [-0.4, -0.2) is 19.3 Å². The fourth-order valence-electron chi connectivity index (χ4n) is 1.10. The van der Waals surface area contributed by atoms with Crippen LogP contribution in [0.25, 0.3) is 6.08 Å². The monoisotopic (exact) mass is 230 g/mol. The average molecular weight is 230 g/mol. The van der Waals surface area contributed by atoms with E-state index in [9.17, 15) is 5.11 Å². The van der Waals surface area contributed by atoms with Gasteiger partial charge in [-0.05, 0) is 11.6 Å². The molecular weight excluding hydrogens is 212 g/mol. The largest absolute Gasteiger partial charge is 0.377 e. The van der Waals surface area contributed by atoms with Gasteiger partial charge in [-0.25, -0.2) is 0 Å². The van der Waals surface area contributed by atoms with Crippen molar-refractivity contribution in [3.8, 4) is 11.5 Å². The van der Waals surface area contributed by atoms with E-state index in [0.717, 1.165) is 5.56 Å². The molecule has 0 aliphatic rings. The van der Waals surface area contributed by atoms with Crippen molar-refractivity contribution in [3.63, 3.8) is 0 Å². The van der Waals surface area contributed by atoms with Gasteiger partial charge in [0, 0.05) is 0 Å². The Morgan fingerprint density at radius 3 is 2.38 bits per heavy atom. The van der Waals surface area contributed by atoms with E-state index in [1.54, 1.807) is 6.08 Å².